The van der Waals surface area contributed by atoms with Crippen LogP contribution < -0.4 is 23.8 Å². The number of aliphatic hydroxyl groups is 1. The minimum Gasteiger partial charge on any atom is -0.507 e. The van der Waals surface area contributed by atoms with Crippen LogP contribution >= 0.6 is 11.6 Å². The van der Waals surface area contributed by atoms with Crippen LogP contribution in [-0.2, 0) is 9.59 Å². The number of benzene rings is 3. The third kappa shape index (κ3) is 4.95. The number of carbonyl (C=O) groups excluding carboxylic acids is 2. The van der Waals surface area contributed by atoms with Crippen molar-refractivity contribution in [2.24, 2.45) is 0 Å². The molecule has 1 aliphatic heterocycles. The van der Waals surface area contributed by atoms with Gasteiger partial charge in [-0.25, -0.2) is 8.78 Å². The molecule has 0 spiro atoms. The first-order valence-electron chi connectivity index (χ1n) is 11.6. The van der Waals surface area contributed by atoms with Crippen LogP contribution in [0.5, 0.6) is 23.0 Å². The monoisotopic (exact) mass is 559 g/mol. The summed E-state index contributed by atoms with van der Waals surface area (Å²) in [6.45, 7) is 2.05. The smallest absolute Gasteiger partial charge is 0.300 e. The van der Waals surface area contributed by atoms with Gasteiger partial charge >= 0.3 is 0 Å². The summed E-state index contributed by atoms with van der Waals surface area (Å²) >= 11 is 6.29. The SMILES string of the molecule is CCOc1cc(C2/C(=C(\O)c3cc(Cl)c(OC)cc3OC)C(=O)C(=O)N2c2ccc(F)c(F)c2)ccc1OC. The Kier molecular flexibility index (Phi) is 7.96. The van der Waals surface area contributed by atoms with Gasteiger partial charge < -0.3 is 24.1 Å². The fraction of sp³-hybridized carbons (Fsp3) is 0.214. The molecular weight excluding hydrogens is 536 g/mol. The van der Waals surface area contributed by atoms with E-state index >= 15 is 0 Å². The summed E-state index contributed by atoms with van der Waals surface area (Å²) in [5.74, 6) is -4.04. The van der Waals surface area contributed by atoms with E-state index < -0.39 is 35.1 Å². The van der Waals surface area contributed by atoms with Gasteiger partial charge in [0.05, 0.1) is 50.1 Å². The molecule has 1 saturated heterocycles. The van der Waals surface area contributed by atoms with Crippen molar-refractivity contribution in [3.63, 3.8) is 0 Å². The van der Waals surface area contributed by atoms with Crippen molar-refractivity contribution in [1.82, 2.24) is 0 Å². The number of amides is 1. The Hall–Kier alpha value is -4.31. The minimum absolute atomic E-state index is 0.00938. The summed E-state index contributed by atoms with van der Waals surface area (Å²) in [4.78, 5) is 27.8. The van der Waals surface area contributed by atoms with Crippen LogP contribution in [0.3, 0.4) is 0 Å². The van der Waals surface area contributed by atoms with Crippen LogP contribution in [0.2, 0.25) is 5.02 Å². The number of nitrogens with zero attached hydrogens (tertiary/aromatic N) is 1. The zero-order valence-electron chi connectivity index (χ0n) is 21.4. The molecule has 8 nitrogen and oxygen atoms in total. The standard InChI is InChI=1S/C28H24ClF2NO7/c1-5-39-23-10-14(6-9-20(23)36-2)25-24(26(33)16-12-17(29)22(38-4)13-21(16)37-3)27(34)28(35)32(25)15-7-8-18(30)19(31)11-15/h6-13,25,33H,5H2,1-4H3/b26-24+. The third-order valence-electron chi connectivity index (χ3n) is 6.16. The van der Waals surface area contributed by atoms with E-state index in [0.29, 0.717) is 17.1 Å². The molecule has 11 heteroatoms. The van der Waals surface area contributed by atoms with Gasteiger partial charge in [0.2, 0.25) is 0 Å². The largest absolute Gasteiger partial charge is 0.507 e. The Labute approximate surface area is 227 Å². The first-order chi connectivity index (χ1) is 18.7. The molecule has 0 radical (unpaired) electrons. The molecule has 0 aromatic heterocycles. The normalized spacial score (nSPS) is 16.4. The van der Waals surface area contributed by atoms with E-state index in [1.54, 1.807) is 19.1 Å². The molecule has 1 unspecified atom stereocenters. The fourth-order valence-electron chi connectivity index (χ4n) is 4.37. The average molecular weight is 560 g/mol. The van der Waals surface area contributed by atoms with E-state index in [-0.39, 0.29) is 40.0 Å². The maximum atomic E-state index is 14.2. The molecule has 3 aromatic carbocycles. The van der Waals surface area contributed by atoms with Gasteiger partial charge in [0, 0.05) is 17.8 Å². The van der Waals surface area contributed by atoms with Crippen LogP contribution in [0.15, 0.2) is 54.1 Å². The molecule has 4 rings (SSSR count). The molecule has 1 heterocycles. The van der Waals surface area contributed by atoms with Crippen molar-refractivity contribution < 1.29 is 42.4 Å². The van der Waals surface area contributed by atoms with E-state index in [1.807, 2.05) is 0 Å². The number of anilines is 1. The van der Waals surface area contributed by atoms with Gasteiger partial charge in [0.15, 0.2) is 23.1 Å². The Bertz CT molecular complexity index is 1490. The second-order valence-electron chi connectivity index (χ2n) is 8.30. The molecule has 1 amide bonds. The van der Waals surface area contributed by atoms with Crippen molar-refractivity contribution in [3.8, 4) is 23.0 Å². The first kappa shape index (κ1) is 27.7. The number of methoxy groups -OCH3 is 3. The lowest BCUT2D eigenvalue weighted by molar-refractivity contribution is -0.132. The predicted molar refractivity (Wildman–Crippen MR) is 140 cm³/mol. The van der Waals surface area contributed by atoms with Crippen LogP contribution in [0.4, 0.5) is 14.5 Å². The van der Waals surface area contributed by atoms with Gasteiger partial charge in [-0.2, -0.15) is 0 Å². The molecular formula is C28H24ClF2NO7. The van der Waals surface area contributed by atoms with E-state index in [2.05, 4.69) is 0 Å². The number of rotatable bonds is 8. The Balaban J connectivity index is 2.02. The van der Waals surface area contributed by atoms with Gasteiger partial charge in [0.25, 0.3) is 11.7 Å². The van der Waals surface area contributed by atoms with Crippen molar-refractivity contribution in [3.05, 3.63) is 81.9 Å². The van der Waals surface area contributed by atoms with Crippen LogP contribution in [0.25, 0.3) is 5.76 Å². The summed E-state index contributed by atoms with van der Waals surface area (Å²) in [7, 11) is 4.19. The highest BCUT2D eigenvalue weighted by Crippen LogP contribution is 2.46. The molecule has 1 N–H and O–H groups in total. The zero-order valence-corrected chi connectivity index (χ0v) is 22.1. The summed E-state index contributed by atoms with van der Waals surface area (Å²) in [6, 6.07) is 8.94. The number of ketones is 1. The Morgan fingerprint density at radius 2 is 1.59 bits per heavy atom. The van der Waals surface area contributed by atoms with Gasteiger partial charge in [-0.1, -0.05) is 17.7 Å². The third-order valence-corrected chi connectivity index (χ3v) is 6.45. The van der Waals surface area contributed by atoms with Gasteiger partial charge in [-0.05, 0) is 42.8 Å². The summed E-state index contributed by atoms with van der Waals surface area (Å²) in [5, 5.41) is 11.6. The Morgan fingerprint density at radius 1 is 0.897 bits per heavy atom. The molecule has 1 atom stereocenters. The molecule has 0 saturated carbocycles. The zero-order chi connectivity index (χ0) is 28.4. The number of hydrogen-bond acceptors (Lipinski definition) is 7. The van der Waals surface area contributed by atoms with E-state index in [0.717, 1.165) is 23.1 Å². The van der Waals surface area contributed by atoms with E-state index in [1.165, 1.54) is 39.5 Å². The fourth-order valence-corrected chi connectivity index (χ4v) is 4.61. The lowest BCUT2D eigenvalue weighted by atomic mass is 9.94. The molecule has 1 fully saturated rings. The van der Waals surface area contributed by atoms with Crippen LogP contribution in [-0.4, -0.2) is 44.7 Å². The molecule has 204 valence electrons. The highest BCUT2D eigenvalue weighted by molar-refractivity contribution is 6.51. The summed E-state index contributed by atoms with van der Waals surface area (Å²) in [5.41, 5.74) is -0.108. The van der Waals surface area contributed by atoms with Crippen molar-refractivity contribution >= 4 is 34.7 Å². The number of aliphatic hydroxyl groups excluding tert-OH is 1. The molecule has 1 aliphatic rings. The first-order valence-corrected chi connectivity index (χ1v) is 12.0. The molecule has 0 aliphatic carbocycles. The highest BCUT2D eigenvalue weighted by atomic mass is 35.5. The van der Waals surface area contributed by atoms with Gasteiger partial charge in [0.1, 0.15) is 17.3 Å². The minimum atomic E-state index is -1.27. The second kappa shape index (κ2) is 11.2. The lowest BCUT2D eigenvalue weighted by Crippen LogP contribution is -2.29. The maximum Gasteiger partial charge on any atom is 0.300 e. The van der Waals surface area contributed by atoms with Crippen molar-refractivity contribution in [1.29, 1.82) is 0 Å². The van der Waals surface area contributed by atoms with Gasteiger partial charge in [-0.3, -0.25) is 14.5 Å². The number of hydrogen-bond donors (Lipinski definition) is 1. The number of halogens is 3. The van der Waals surface area contributed by atoms with Gasteiger partial charge in [-0.15, -0.1) is 0 Å². The van der Waals surface area contributed by atoms with Crippen LogP contribution in [0.1, 0.15) is 24.1 Å². The molecule has 0 bridgehead atoms. The van der Waals surface area contributed by atoms with Crippen molar-refractivity contribution in [2.45, 2.75) is 13.0 Å². The van der Waals surface area contributed by atoms with E-state index in [4.69, 9.17) is 30.5 Å². The number of ether oxygens (including phenoxy) is 4. The lowest BCUT2D eigenvalue weighted by Gasteiger charge is -2.26. The van der Waals surface area contributed by atoms with Crippen LogP contribution in [0, 0.1) is 11.6 Å². The highest BCUT2D eigenvalue weighted by Gasteiger charge is 2.47. The predicted octanol–water partition coefficient (Wildman–Crippen LogP) is 5.67. The van der Waals surface area contributed by atoms with E-state index in [9.17, 15) is 23.5 Å². The maximum absolute atomic E-state index is 14.2. The van der Waals surface area contributed by atoms with Crippen molar-refractivity contribution in [2.75, 3.05) is 32.8 Å². The average Bonchev–Trinajstić information content (AvgIpc) is 3.19. The quantitative estimate of drug-likeness (QED) is 0.216. The molecule has 39 heavy (non-hydrogen) atoms. The topological polar surface area (TPSA) is 94.5 Å². The summed E-state index contributed by atoms with van der Waals surface area (Å²) < 4.78 is 49.6. The number of Topliss-reactive ketones (excluding diaryl/α,β-unsaturated/α-hetero) is 1. The second-order valence-corrected chi connectivity index (χ2v) is 8.71. The summed E-state index contributed by atoms with van der Waals surface area (Å²) in [6.07, 6.45) is 0. The molecule has 3 aromatic rings. The Morgan fingerprint density at radius 3 is 2.21 bits per heavy atom. The number of carbonyl (C=O) groups is 2.